The first-order chi connectivity index (χ1) is 15.8. The van der Waals surface area contributed by atoms with E-state index < -0.39 is 32.7 Å². The Balaban J connectivity index is 1.49. The molecule has 0 radical (unpaired) electrons. The number of nitrogens with one attached hydrogen (secondary N) is 1. The Labute approximate surface area is 193 Å². The van der Waals surface area contributed by atoms with Gasteiger partial charge in [-0.05, 0) is 56.0 Å². The second-order valence-corrected chi connectivity index (χ2v) is 10.2. The highest BCUT2D eigenvalue weighted by Crippen LogP contribution is 2.39. The molecule has 1 N–H and O–H groups in total. The third kappa shape index (κ3) is 4.76. The number of anilines is 1. The van der Waals surface area contributed by atoms with Gasteiger partial charge in [-0.15, -0.1) is 16.4 Å². The maximum Gasteiger partial charge on any atom is 0.341 e. The number of nitrogens with zero attached hydrogens (tertiary/aromatic N) is 2. The Kier molecular flexibility index (Phi) is 6.47. The zero-order valence-electron chi connectivity index (χ0n) is 17.9. The molecule has 12 heteroatoms. The Morgan fingerprint density at radius 3 is 2.64 bits per heavy atom. The number of benzene rings is 1. The predicted molar refractivity (Wildman–Crippen MR) is 119 cm³/mol. The molecule has 2 aromatic heterocycles. The molecule has 33 heavy (non-hydrogen) atoms. The van der Waals surface area contributed by atoms with Crippen molar-refractivity contribution in [3.63, 3.8) is 0 Å². The van der Waals surface area contributed by atoms with E-state index in [4.69, 9.17) is 13.9 Å². The molecule has 0 unspecified atom stereocenters. The summed E-state index contributed by atoms with van der Waals surface area (Å²) in [4.78, 5) is 25.7. The van der Waals surface area contributed by atoms with E-state index in [0.717, 1.165) is 23.3 Å². The number of carbonyl (C=O) groups is 2. The minimum Gasteiger partial charge on any atom is -0.494 e. The highest BCUT2D eigenvalue weighted by molar-refractivity contribution is 7.91. The van der Waals surface area contributed by atoms with Crippen LogP contribution in [0.4, 0.5) is 5.00 Å². The molecule has 0 fully saturated rings. The van der Waals surface area contributed by atoms with Crippen LogP contribution in [0.1, 0.15) is 34.1 Å². The van der Waals surface area contributed by atoms with Crippen molar-refractivity contribution in [1.29, 1.82) is 0 Å². The van der Waals surface area contributed by atoms with Crippen LogP contribution in [-0.4, -0.2) is 50.0 Å². The van der Waals surface area contributed by atoms with Crippen molar-refractivity contribution >= 4 is 38.1 Å². The van der Waals surface area contributed by atoms with Gasteiger partial charge in [-0.3, -0.25) is 4.79 Å². The monoisotopic (exact) mass is 491 g/mol. The highest BCUT2D eigenvalue weighted by Gasteiger charge is 2.31. The number of aromatic nitrogens is 2. The topological polar surface area (TPSA) is 138 Å². The minimum absolute atomic E-state index is 0.000286. The van der Waals surface area contributed by atoms with E-state index in [1.54, 1.807) is 24.3 Å². The van der Waals surface area contributed by atoms with E-state index in [0.29, 0.717) is 24.3 Å². The zero-order valence-corrected chi connectivity index (χ0v) is 19.5. The van der Waals surface area contributed by atoms with Gasteiger partial charge in [0.2, 0.25) is 21.6 Å². The second kappa shape index (κ2) is 9.32. The lowest BCUT2D eigenvalue weighted by Crippen LogP contribution is -2.24. The third-order valence-electron chi connectivity index (χ3n) is 4.97. The molecule has 3 aromatic rings. The van der Waals surface area contributed by atoms with Crippen molar-refractivity contribution < 1.29 is 31.9 Å². The van der Waals surface area contributed by atoms with Crippen LogP contribution in [0.5, 0.6) is 5.75 Å². The van der Waals surface area contributed by atoms with Gasteiger partial charge in [0.05, 0.1) is 19.3 Å². The van der Waals surface area contributed by atoms with Crippen LogP contribution < -0.4 is 10.1 Å². The van der Waals surface area contributed by atoms with E-state index in [-0.39, 0.29) is 16.5 Å². The smallest absolute Gasteiger partial charge is 0.341 e. The molecule has 1 amide bonds. The van der Waals surface area contributed by atoms with Gasteiger partial charge < -0.3 is 19.2 Å². The van der Waals surface area contributed by atoms with Crippen molar-refractivity contribution in [2.24, 2.45) is 0 Å². The quantitative estimate of drug-likeness (QED) is 0.471. The normalized spacial score (nSPS) is 12.9. The number of carbonyl (C=O) groups excluding carboxylic acids is 2. The molecule has 1 aliphatic rings. The third-order valence-corrected chi connectivity index (χ3v) is 7.52. The molecule has 1 aromatic carbocycles. The average molecular weight is 492 g/mol. The molecule has 0 bridgehead atoms. The fourth-order valence-corrected chi connectivity index (χ4v) is 5.73. The number of hydrogen-bond donors (Lipinski definition) is 1. The number of methoxy groups -OCH3 is 1. The zero-order chi connectivity index (χ0) is 23.6. The summed E-state index contributed by atoms with van der Waals surface area (Å²) in [6.07, 6.45) is 2.43. The standard InChI is InChI=1S/C21H21N3O7S2/c1-3-30-13-9-7-12(8-10-13)18-23-24-21(31-18)33(27,28)11-16(25)22-19-17(20(26)29-2)14-5-4-6-15(14)32-19/h7-10H,3-6,11H2,1-2H3,(H,22,25). The number of rotatable bonds is 8. The summed E-state index contributed by atoms with van der Waals surface area (Å²) in [6, 6.07) is 6.71. The van der Waals surface area contributed by atoms with Crippen molar-refractivity contribution in [2.45, 2.75) is 31.4 Å². The van der Waals surface area contributed by atoms with Gasteiger partial charge in [0, 0.05) is 10.4 Å². The fraction of sp³-hybridized carbons (Fsp3) is 0.333. The van der Waals surface area contributed by atoms with Gasteiger partial charge in [-0.25, -0.2) is 13.2 Å². The van der Waals surface area contributed by atoms with E-state index in [1.165, 1.54) is 18.4 Å². The molecule has 0 atom stereocenters. The van der Waals surface area contributed by atoms with Crippen molar-refractivity contribution in [2.75, 3.05) is 24.8 Å². The molecule has 2 heterocycles. The van der Waals surface area contributed by atoms with Crippen molar-refractivity contribution in [3.05, 3.63) is 40.3 Å². The first-order valence-corrected chi connectivity index (χ1v) is 12.6. The molecular formula is C21H21N3O7S2. The lowest BCUT2D eigenvalue weighted by atomic mass is 10.1. The van der Waals surface area contributed by atoms with Gasteiger partial charge in [-0.2, -0.15) is 0 Å². The molecule has 0 saturated heterocycles. The van der Waals surface area contributed by atoms with Gasteiger partial charge in [0.1, 0.15) is 16.5 Å². The van der Waals surface area contributed by atoms with Crippen LogP contribution in [0.15, 0.2) is 33.9 Å². The molecule has 174 valence electrons. The SMILES string of the molecule is CCOc1ccc(-c2nnc(S(=O)(=O)CC(=O)Nc3sc4c(c3C(=O)OC)CCC4)o2)cc1. The summed E-state index contributed by atoms with van der Waals surface area (Å²) in [5, 5.41) is 9.52. The number of sulfone groups is 1. The van der Waals surface area contributed by atoms with E-state index in [2.05, 4.69) is 15.5 Å². The van der Waals surface area contributed by atoms with Gasteiger partial charge in [-0.1, -0.05) is 5.10 Å². The van der Waals surface area contributed by atoms with Crippen LogP contribution in [0.2, 0.25) is 0 Å². The Hall–Kier alpha value is -3.25. The molecule has 4 rings (SSSR count). The molecule has 10 nitrogen and oxygen atoms in total. The second-order valence-electron chi connectivity index (χ2n) is 7.19. The van der Waals surface area contributed by atoms with Gasteiger partial charge >= 0.3 is 11.2 Å². The molecule has 0 saturated carbocycles. The summed E-state index contributed by atoms with van der Waals surface area (Å²) in [5.74, 6) is -1.65. The molecule has 0 spiro atoms. The van der Waals surface area contributed by atoms with Crippen LogP contribution in [0, 0.1) is 0 Å². The summed E-state index contributed by atoms with van der Waals surface area (Å²) in [6.45, 7) is 2.38. The largest absolute Gasteiger partial charge is 0.494 e. The Morgan fingerprint density at radius 1 is 1.18 bits per heavy atom. The number of ether oxygens (including phenoxy) is 2. The van der Waals surface area contributed by atoms with E-state index in [1.807, 2.05) is 6.92 Å². The molecule has 1 aliphatic carbocycles. The van der Waals surface area contributed by atoms with Crippen molar-refractivity contribution in [1.82, 2.24) is 10.2 Å². The highest BCUT2D eigenvalue weighted by atomic mass is 32.2. The first kappa shape index (κ1) is 22.9. The minimum atomic E-state index is -4.21. The van der Waals surface area contributed by atoms with E-state index >= 15 is 0 Å². The van der Waals surface area contributed by atoms with Crippen LogP contribution in [0.3, 0.4) is 0 Å². The number of thiophene rings is 1. The number of fused-ring (bicyclic) bond motifs is 1. The predicted octanol–water partition coefficient (Wildman–Crippen LogP) is 2.88. The van der Waals surface area contributed by atoms with Gasteiger partial charge in [0.15, 0.2) is 0 Å². The summed E-state index contributed by atoms with van der Waals surface area (Å²) in [7, 11) is -2.95. The summed E-state index contributed by atoms with van der Waals surface area (Å²) >= 11 is 1.26. The van der Waals surface area contributed by atoms with Crippen molar-refractivity contribution in [3.8, 4) is 17.2 Å². The molecular weight excluding hydrogens is 470 g/mol. The van der Waals surface area contributed by atoms with Crippen LogP contribution in [0.25, 0.3) is 11.5 Å². The lowest BCUT2D eigenvalue weighted by Gasteiger charge is -2.06. The fourth-order valence-electron chi connectivity index (χ4n) is 3.52. The van der Waals surface area contributed by atoms with Crippen LogP contribution >= 0.6 is 11.3 Å². The van der Waals surface area contributed by atoms with Gasteiger partial charge in [0.25, 0.3) is 0 Å². The Bertz CT molecular complexity index is 1290. The summed E-state index contributed by atoms with van der Waals surface area (Å²) in [5.41, 5.74) is 1.64. The molecule has 0 aliphatic heterocycles. The Morgan fingerprint density at radius 2 is 1.94 bits per heavy atom. The van der Waals surface area contributed by atoms with E-state index in [9.17, 15) is 18.0 Å². The number of hydrogen-bond acceptors (Lipinski definition) is 10. The number of amides is 1. The summed E-state index contributed by atoms with van der Waals surface area (Å²) < 4.78 is 40.8. The first-order valence-electron chi connectivity index (χ1n) is 10.1. The maximum atomic E-state index is 12.7. The number of esters is 1. The van der Waals surface area contributed by atoms with Crippen LogP contribution in [-0.2, 0) is 32.2 Å². The lowest BCUT2D eigenvalue weighted by molar-refractivity contribution is -0.113. The maximum absolute atomic E-state index is 12.7. The average Bonchev–Trinajstić information content (AvgIpc) is 3.50. The number of aryl methyl sites for hydroxylation is 1.